The smallest absolute Gasteiger partial charge is 0.265 e. The molecule has 1 atom stereocenters. The Hall–Kier alpha value is -2.39. The number of benzene rings is 2. The number of hydrogen-bond acceptors (Lipinski definition) is 2. The number of aryl methyl sites for hydroxylation is 1. The highest BCUT2D eigenvalue weighted by molar-refractivity contribution is 5.93. The van der Waals surface area contributed by atoms with Crippen molar-refractivity contribution in [2.45, 2.75) is 31.7 Å². The molecule has 0 fully saturated rings. The molecule has 0 radical (unpaired) electrons. The second-order valence-corrected chi connectivity index (χ2v) is 5.98. The third-order valence-corrected chi connectivity index (χ3v) is 3.92. The molecule has 1 unspecified atom stereocenters. The Labute approximate surface area is 138 Å². The van der Waals surface area contributed by atoms with Crippen molar-refractivity contribution >= 4 is 5.91 Å². The number of hydrazine groups is 1. The van der Waals surface area contributed by atoms with Gasteiger partial charge in [0, 0.05) is 11.1 Å². The van der Waals surface area contributed by atoms with E-state index >= 15 is 0 Å². The standard InChI is InChI=1S/C20H24N2O/c1-3-15-20(2,16-14-17-10-6-4-7-11-17)22-21-19(23)18-12-8-5-9-13-18/h3-13,22H,1,14-16H2,2H3,(H,21,23). The average molecular weight is 308 g/mol. The molecule has 3 heteroatoms. The van der Waals surface area contributed by atoms with Gasteiger partial charge in [-0.3, -0.25) is 10.2 Å². The summed E-state index contributed by atoms with van der Waals surface area (Å²) in [6, 6.07) is 19.6. The lowest BCUT2D eigenvalue weighted by atomic mass is 9.90. The summed E-state index contributed by atoms with van der Waals surface area (Å²) in [6.45, 7) is 5.93. The fraction of sp³-hybridized carbons (Fsp3) is 0.250. The summed E-state index contributed by atoms with van der Waals surface area (Å²) in [5.41, 5.74) is 7.72. The van der Waals surface area contributed by atoms with Gasteiger partial charge < -0.3 is 0 Å². The van der Waals surface area contributed by atoms with E-state index < -0.39 is 0 Å². The van der Waals surface area contributed by atoms with Gasteiger partial charge in [0.05, 0.1) is 0 Å². The van der Waals surface area contributed by atoms with E-state index in [1.54, 1.807) is 12.1 Å². The van der Waals surface area contributed by atoms with Gasteiger partial charge in [-0.15, -0.1) is 6.58 Å². The second kappa shape index (κ2) is 8.30. The summed E-state index contributed by atoms with van der Waals surface area (Å²) in [7, 11) is 0. The van der Waals surface area contributed by atoms with E-state index in [2.05, 4.69) is 36.5 Å². The maximum atomic E-state index is 12.2. The molecule has 0 aliphatic carbocycles. The van der Waals surface area contributed by atoms with Crippen molar-refractivity contribution in [3.8, 4) is 0 Å². The normalized spacial score (nSPS) is 13.1. The average Bonchev–Trinajstić information content (AvgIpc) is 2.60. The van der Waals surface area contributed by atoms with E-state index in [-0.39, 0.29) is 11.4 Å². The Balaban J connectivity index is 1.94. The van der Waals surface area contributed by atoms with Crippen molar-refractivity contribution < 1.29 is 4.79 Å². The lowest BCUT2D eigenvalue weighted by Crippen LogP contribution is -2.52. The number of nitrogens with one attached hydrogen (secondary N) is 2. The summed E-state index contributed by atoms with van der Waals surface area (Å²) in [5.74, 6) is -0.124. The van der Waals surface area contributed by atoms with Crippen LogP contribution in [-0.2, 0) is 6.42 Å². The lowest BCUT2D eigenvalue weighted by Gasteiger charge is -2.30. The molecule has 0 aliphatic heterocycles. The first kappa shape index (κ1) is 17.0. The highest BCUT2D eigenvalue weighted by atomic mass is 16.2. The molecule has 2 N–H and O–H groups in total. The molecule has 0 saturated carbocycles. The molecule has 1 amide bonds. The first-order valence-corrected chi connectivity index (χ1v) is 7.90. The molecule has 0 aromatic heterocycles. The second-order valence-electron chi connectivity index (χ2n) is 5.98. The van der Waals surface area contributed by atoms with E-state index in [1.807, 2.05) is 42.5 Å². The first-order valence-electron chi connectivity index (χ1n) is 7.90. The highest BCUT2D eigenvalue weighted by Gasteiger charge is 2.23. The predicted molar refractivity (Wildman–Crippen MR) is 95.0 cm³/mol. The Morgan fingerprint density at radius 3 is 2.30 bits per heavy atom. The first-order chi connectivity index (χ1) is 11.1. The number of carbonyl (C=O) groups is 1. The minimum absolute atomic E-state index is 0.124. The zero-order chi connectivity index (χ0) is 16.5. The maximum Gasteiger partial charge on any atom is 0.265 e. The zero-order valence-corrected chi connectivity index (χ0v) is 13.6. The van der Waals surface area contributed by atoms with Crippen molar-refractivity contribution in [1.82, 2.24) is 10.9 Å². The van der Waals surface area contributed by atoms with Gasteiger partial charge in [0.1, 0.15) is 0 Å². The quantitative estimate of drug-likeness (QED) is 0.574. The van der Waals surface area contributed by atoms with Crippen LogP contribution in [-0.4, -0.2) is 11.4 Å². The fourth-order valence-electron chi connectivity index (χ4n) is 2.47. The van der Waals surface area contributed by atoms with Crippen LogP contribution in [0.2, 0.25) is 0 Å². The van der Waals surface area contributed by atoms with Gasteiger partial charge in [-0.05, 0) is 43.9 Å². The number of amides is 1. The van der Waals surface area contributed by atoms with Gasteiger partial charge in [-0.25, -0.2) is 5.43 Å². The number of rotatable bonds is 8. The minimum Gasteiger partial charge on any atom is -0.287 e. The summed E-state index contributed by atoms with van der Waals surface area (Å²) >= 11 is 0. The molecule has 23 heavy (non-hydrogen) atoms. The van der Waals surface area contributed by atoms with Crippen LogP contribution in [0.4, 0.5) is 0 Å². The van der Waals surface area contributed by atoms with E-state index in [4.69, 9.17) is 0 Å². The largest absolute Gasteiger partial charge is 0.287 e. The maximum absolute atomic E-state index is 12.2. The predicted octanol–water partition coefficient (Wildman–Crippen LogP) is 3.89. The monoisotopic (exact) mass is 308 g/mol. The van der Waals surface area contributed by atoms with E-state index in [0.29, 0.717) is 5.56 Å². The topological polar surface area (TPSA) is 41.1 Å². The molecule has 2 rings (SSSR count). The molecule has 0 aliphatic rings. The van der Waals surface area contributed by atoms with Crippen LogP contribution in [0.3, 0.4) is 0 Å². The third-order valence-electron chi connectivity index (χ3n) is 3.92. The number of hydrogen-bond donors (Lipinski definition) is 2. The molecule has 0 bridgehead atoms. The van der Waals surface area contributed by atoms with Crippen molar-refractivity contribution in [2.24, 2.45) is 0 Å². The van der Waals surface area contributed by atoms with Crippen LogP contribution in [0.1, 0.15) is 35.7 Å². The Kier molecular flexibility index (Phi) is 6.12. The molecule has 120 valence electrons. The summed E-state index contributed by atoms with van der Waals surface area (Å²) in [6.07, 6.45) is 4.50. The summed E-state index contributed by atoms with van der Waals surface area (Å²) < 4.78 is 0. The van der Waals surface area contributed by atoms with Gasteiger partial charge in [0.15, 0.2) is 0 Å². The van der Waals surface area contributed by atoms with Crippen molar-refractivity contribution in [3.05, 3.63) is 84.4 Å². The number of carbonyl (C=O) groups excluding carboxylic acids is 1. The molecule has 2 aromatic rings. The van der Waals surface area contributed by atoms with Crippen LogP contribution < -0.4 is 10.9 Å². The highest BCUT2D eigenvalue weighted by Crippen LogP contribution is 2.18. The van der Waals surface area contributed by atoms with Gasteiger partial charge in [0.2, 0.25) is 0 Å². The van der Waals surface area contributed by atoms with Crippen LogP contribution in [0.5, 0.6) is 0 Å². The van der Waals surface area contributed by atoms with Gasteiger partial charge >= 0.3 is 0 Å². The molecule has 3 nitrogen and oxygen atoms in total. The molecule has 0 saturated heterocycles. The summed E-state index contributed by atoms with van der Waals surface area (Å²) in [4.78, 5) is 12.2. The van der Waals surface area contributed by atoms with Crippen molar-refractivity contribution in [1.29, 1.82) is 0 Å². The third kappa shape index (κ3) is 5.38. The fourth-order valence-corrected chi connectivity index (χ4v) is 2.47. The van der Waals surface area contributed by atoms with Gasteiger partial charge in [-0.1, -0.05) is 54.6 Å². The molecular weight excluding hydrogens is 284 g/mol. The molecule has 0 spiro atoms. The van der Waals surface area contributed by atoms with Crippen LogP contribution in [0, 0.1) is 0 Å². The van der Waals surface area contributed by atoms with E-state index in [0.717, 1.165) is 19.3 Å². The van der Waals surface area contributed by atoms with Crippen molar-refractivity contribution in [2.75, 3.05) is 0 Å². The van der Waals surface area contributed by atoms with Crippen LogP contribution in [0.25, 0.3) is 0 Å². The zero-order valence-electron chi connectivity index (χ0n) is 13.6. The molecule has 0 heterocycles. The van der Waals surface area contributed by atoms with Crippen LogP contribution >= 0.6 is 0 Å². The minimum atomic E-state index is -0.234. The van der Waals surface area contributed by atoms with Crippen LogP contribution in [0.15, 0.2) is 73.3 Å². The Morgan fingerprint density at radius 1 is 1.09 bits per heavy atom. The summed E-state index contributed by atoms with van der Waals surface area (Å²) in [5, 5.41) is 0. The van der Waals surface area contributed by atoms with Gasteiger partial charge in [0.25, 0.3) is 5.91 Å². The lowest BCUT2D eigenvalue weighted by molar-refractivity contribution is 0.0904. The Bertz CT molecular complexity index is 625. The van der Waals surface area contributed by atoms with E-state index in [9.17, 15) is 4.79 Å². The van der Waals surface area contributed by atoms with Crippen molar-refractivity contribution in [3.63, 3.8) is 0 Å². The molecule has 2 aromatic carbocycles. The van der Waals surface area contributed by atoms with E-state index in [1.165, 1.54) is 5.56 Å². The SMILES string of the molecule is C=CCC(C)(CCc1ccccc1)NNC(=O)c1ccccc1. The van der Waals surface area contributed by atoms with Gasteiger partial charge in [-0.2, -0.15) is 0 Å². The Morgan fingerprint density at radius 2 is 1.70 bits per heavy atom. The molecular formula is C20H24N2O.